The summed E-state index contributed by atoms with van der Waals surface area (Å²) < 4.78 is 0. The van der Waals surface area contributed by atoms with Crippen molar-refractivity contribution in [1.82, 2.24) is 9.88 Å². The molecule has 1 fully saturated rings. The summed E-state index contributed by atoms with van der Waals surface area (Å²) >= 11 is 0. The highest BCUT2D eigenvalue weighted by Crippen LogP contribution is 2.52. The zero-order valence-electron chi connectivity index (χ0n) is 18.8. The Morgan fingerprint density at radius 2 is 1.61 bits per heavy atom. The quantitative estimate of drug-likeness (QED) is 0.564. The molecule has 4 nitrogen and oxygen atoms in total. The molecule has 2 aliphatic rings. The molecule has 31 heavy (non-hydrogen) atoms. The molecule has 5 rings (SSSR count). The summed E-state index contributed by atoms with van der Waals surface area (Å²) in [5.74, 6) is 1.06. The molecule has 0 radical (unpaired) electrons. The van der Waals surface area contributed by atoms with Crippen LogP contribution in [0.4, 0.5) is 5.82 Å². The van der Waals surface area contributed by atoms with Crippen LogP contribution in [0.1, 0.15) is 50.2 Å². The van der Waals surface area contributed by atoms with Crippen LogP contribution in [-0.2, 0) is 5.60 Å². The minimum atomic E-state index is -0.965. The van der Waals surface area contributed by atoms with E-state index in [1.54, 1.807) is 0 Å². The van der Waals surface area contributed by atoms with E-state index in [1.165, 1.54) is 12.8 Å². The lowest BCUT2D eigenvalue weighted by Crippen LogP contribution is -2.45. The lowest BCUT2D eigenvalue weighted by molar-refractivity contribution is 0.0739. The summed E-state index contributed by atoms with van der Waals surface area (Å²) in [5, 5.41) is 14.5. The van der Waals surface area contributed by atoms with Crippen LogP contribution in [0.15, 0.2) is 48.5 Å². The van der Waals surface area contributed by atoms with Crippen molar-refractivity contribution < 1.29 is 5.11 Å². The number of anilines is 1. The minimum absolute atomic E-state index is 0.747. The van der Waals surface area contributed by atoms with Gasteiger partial charge in [0.05, 0.1) is 5.69 Å². The van der Waals surface area contributed by atoms with Gasteiger partial charge in [0.25, 0.3) is 0 Å². The number of pyridine rings is 1. The third-order valence-electron chi connectivity index (χ3n) is 7.13. The second-order valence-corrected chi connectivity index (χ2v) is 9.21. The number of rotatable bonds is 6. The van der Waals surface area contributed by atoms with Crippen molar-refractivity contribution in [2.45, 2.75) is 44.6 Å². The number of hydrogen-bond acceptors (Lipinski definition) is 4. The van der Waals surface area contributed by atoms with Crippen molar-refractivity contribution in [3.8, 4) is 11.3 Å². The Morgan fingerprint density at radius 1 is 0.903 bits per heavy atom. The van der Waals surface area contributed by atoms with E-state index in [0.29, 0.717) is 0 Å². The van der Waals surface area contributed by atoms with Crippen molar-refractivity contribution in [3.05, 3.63) is 59.7 Å². The Balaban J connectivity index is 1.68. The van der Waals surface area contributed by atoms with E-state index >= 15 is 0 Å². The standard InChI is InChI=1S/C27H33N3O/c1-3-4-5-10-15-27(31)23-14-9-8-13-22(23)25-24(27)20-11-6-7-12-21(20)26(28-25)30-18-16-29(2)17-19-30/h6-9,11-14,31H,3-5,10,15-19H2,1-2H3. The highest BCUT2D eigenvalue weighted by atomic mass is 16.3. The predicted octanol–water partition coefficient (Wildman–Crippen LogP) is 5.17. The van der Waals surface area contributed by atoms with Crippen molar-refractivity contribution in [2.75, 3.05) is 38.1 Å². The SMILES string of the molecule is CCCCCCC1(O)c2ccccc2-c2nc(N3CCN(C)CC3)c3ccccc3c21. The third-order valence-corrected chi connectivity index (χ3v) is 7.13. The molecule has 3 aromatic rings. The zero-order chi connectivity index (χ0) is 21.4. The summed E-state index contributed by atoms with van der Waals surface area (Å²) in [6.45, 7) is 6.28. The molecular formula is C27H33N3O. The lowest BCUT2D eigenvalue weighted by Gasteiger charge is -2.34. The smallest absolute Gasteiger partial charge is 0.137 e. The highest BCUT2D eigenvalue weighted by Gasteiger charge is 2.44. The number of nitrogens with zero attached hydrogens (tertiary/aromatic N) is 3. The molecule has 1 aromatic heterocycles. The second-order valence-electron chi connectivity index (χ2n) is 9.21. The van der Waals surface area contributed by atoms with Crippen molar-refractivity contribution >= 4 is 16.6 Å². The first-order chi connectivity index (χ1) is 15.1. The number of unbranched alkanes of at least 4 members (excludes halogenated alkanes) is 3. The number of piperazine rings is 1. The van der Waals surface area contributed by atoms with Crippen LogP contribution < -0.4 is 4.90 Å². The van der Waals surface area contributed by atoms with E-state index in [-0.39, 0.29) is 0 Å². The Labute approximate surface area is 185 Å². The van der Waals surface area contributed by atoms with E-state index in [4.69, 9.17) is 4.98 Å². The average Bonchev–Trinajstić information content (AvgIpc) is 3.06. The molecular weight excluding hydrogens is 382 g/mol. The van der Waals surface area contributed by atoms with Gasteiger partial charge in [0, 0.05) is 42.7 Å². The Morgan fingerprint density at radius 3 is 2.39 bits per heavy atom. The van der Waals surface area contributed by atoms with Crippen molar-refractivity contribution in [3.63, 3.8) is 0 Å². The van der Waals surface area contributed by atoms with Gasteiger partial charge < -0.3 is 14.9 Å². The number of benzene rings is 2. The van der Waals surface area contributed by atoms with Gasteiger partial charge in [-0.3, -0.25) is 0 Å². The Hall–Kier alpha value is -2.43. The fourth-order valence-corrected chi connectivity index (χ4v) is 5.37. The van der Waals surface area contributed by atoms with Crippen LogP contribution in [0.25, 0.3) is 22.0 Å². The first-order valence-corrected chi connectivity index (χ1v) is 11.8. The maximum Gasteiger partial charge on any atom is 0.137 e. The fraction of sp³-hybridized carbons (Fsp3) is 0.444. The maximum absolute atomic E-state index is 12.2. The van der Waals surface area contributed by atoms with Crippen molar-refractivity contribution in [2.24, 2.45) is 0 Å². The number of likely N-dealkylation sites (N-methyl/N-ethyl adjacent to an activating group) is 1. The van der Waals surface area contributed by atoms with Gasteiger partial charge >= 0.3 is 0 Å². The van der Waals surface area contributed by atoms with Crippen LogP contribution in [0.2, 0.25) is 0 Å². The Bertz CT molecular complexity index is 1090. The van der Waals surface area contributed by atoms with Gasteiger partial charge in [-0.05, 0) is 30.8 Å². The highest BCUT2D eigenvalue weighted by molar-refractivity contribution is 6.01. The van der Waals surface area contributed by atoms with Gasteiger partial charge in [-0.15, -0.1) is 0 Å². The monoisotopic (exact) mass is 415 g/mol. The van der Waals surface area contributed by atoms with Gasteiger partial charge in [-0.25, -0.2) is 4.98 Å². The second kappa shape index (κ2) is 8.25. The largest absolute Gasteiger partial charge is 0.380 e. The van der Waals surface area contributed by atoms with Gasteiger partial charge in [0.1, 0.15) is 11.4 Å². The molecule has 162 valence electrons. The molecule has 1 N–H and O–H groups in total. The Kier molecular flexibility index (Phi) is 5.45. The molecule has 2 heterocycles. The zero-order valence-corrected chi connectivity index (χ0v) is 18.8. The van der Waals surface area contributed by atoms with Gasteiger partial charge in [0.2, 0.25) is 0 Å². The molecule has 1 unspecified atom stereocenters. The van der Waals surface area contributed by atoms with E-state index in [2.05, 4.69) is 66.2 Å². The fourth-order valence-electron chi connectivity index (χ4n) is 5.37. The maximum atomic E-state index is 12.2. The first kappa shape index (κ1) is 20.5. The molecule has 1 aliphatic carbocycles. The summed E-state index contributed by atoms with van der Waals surface area (Å²) in [6.07, 6.45) is 5.33. The normalized spacial score (nSPS) is 20.8. The number of fused-ring (bicyclic) bond motifs is 5. The van der Waals surface area contributed by atoms with Crippen molar-refractivity contribution in [1.29, 1.82) is 0 Å². The molecule has 2 aromatic carbocycles. The molecule has 0 bridgehead atoms. The molecule has 1 aliphatic heterocycles. The first-order valence-electron chi connectivity index (χ1n) is 11.8. The van der Waals surface area contributed by atoms with Gasteiger partial charge in [0.15, 0.2) is 0 Å². The lowest BCUT2D eigenvalue weighted by atomic mass is 9.84. The molecule has 0 amide bonds. The van der Waals surface area contributed by atoms with Gasteiger partial charge in [-0.2, -0.15) is 0 Å². The van der Waals surface area contributed by atoms with E-state index < -0.39 is 5.60 Å². The minimum Gasteiger partial charge on any atom is -0.380 e. The molecule has 0 spiro atoms. The number of aromatic nitrogens is 1. The third kappa shape index (κ3) is 3.42. The molecule has 1 saturated heterocycles. The van der Waals surface area contributed by atoms with E-state index in [9.17, 15) is 5.11 Å². The van der Waals surface area contributed by atoms with Crippen LogP contribution >= 0.6 is 0 Å². The number of aliphatic hydroxyl groups is 1. The van der Waals surface area contributed by atoms with E-state index in [0.717, 1.165) is 84.4 Å². The molecule has 4 heteroatoms. The summed E-state index contributed by atoms with van der Waals surface area (Å²) in [5.41, 5.74) is 3.14. The van der Waals surface area contributed by atoms with Crippen LogP contribution in [0.5, 0.6) is 0 Å². The molecule has 1 atom stereocenters. The van der Waals surface area contributed by atoms with Crippen LogP contribution in [0, 0.1) is 0 Å². The summed E-state index contributed by atoms with van der Waals surface area (Å²) in [7, 11) is 2.18. The van der Waals surface area contributed by atoms with Gasteiger partial charge in [-0.1, -0.05) is 74.7 Å². The average molecular weight is 416 g/mol. The topological polar surface area (TPSA) is 39.6 Å². The summed E-state index contributed by atoms with van der Waals surface area (Å²) in [4.78, 5) is 10.1. The predicted molar refractivity (Wildman–Crippen MR) is 129 cm³/mol. The molecule has 0 saturated carbocycles. The van der Waals surface area contributed by atoms with E-state index in [1.807, 2.05) is 6.07 Å². The number of hydrogen-bond donors (Lipinski definition) is 1. The van der Waals surface area contributed by atoms with Crippen LogP contribution in [-0.4, -0.2) is 48.2 Å². The summed E-state index contributed by atoms with van der Waals surface area (Å²) in [6, 6.07) is 16.9. The van der Waals surface area contributed by atoms with Crippen LogP contribution in [0.3, 0.4) is 0 Å².